The number of unbranched alkanes of at least 4 members (excludes halogenated alkanes) is 1. The van der Waals surface area contributed by atoms with E-state index in [1.807, 2.05) is 0 Å². The van der Waals surface area contributed by atoms with Crippen LogP contribution in [-0.2, 0) is 4.79 Å². The monoisotopic (exact) mass is 225 g/mol. The highest BCUT2D eigenvalue weighted by Crippen LogP contribution is 2.21. The maximum Gasteiger partial charge on any atom is 0.251 e. The molecule has 0 saturated heterocycles. The second-order valence-electron chi connectivity index (χ2n) is 4.29. The molecular formula is C12H23N3O. The van der Waals surface area contributed by atoms with Crippen molar-refractivity contribution in [1.82, 2.24) is 5.01 Å². The smallest absolute Gasteiger partial charge is 0.251 e. The molecule has 1 rings (SSSR count). The molecule has 0 fully saturated rings. The van der Waals surface area contributed by atoms with E-state index in [2.05, 4.69) is 18.9 Å². The van der Waals surface area contributed by atoms with Gasteiger partial charge in [0, 0.05) is 6.54 Å². The fourth-order valence-corrected chi connectivity index (χ4v) is 2.00. The zero-order chi connectivity index (χ0) is 12.0. The number of rotatable bonds is 7. The molecule has 16 heavy (non-hydrogen) atoms. The summed E-state index contributed by atoms with van der Waals surface area (Å²) in [6.07, 6.45) is 4.79. The molecule has 1 aliphatic rings. The number of amides is 1. The van der Waals surface area contributed by atoms with E-state index in [0.717, 1.165) is 44.4 Å². The van der Waals surface area contributed by atoms with Crippen LogP contribution < -0.4 is 5.73 Å². The van der Waals surface area contributed by atoms with Crippen LogP contribution in [0.3, 0.4) is 0 Å². The second kappa shape index (κ2) is 6.63. The lowest BCUT2D eigenvalue weighted by atomic mass is 9.96. The van der Waals surface area contributed by atoms with Crippen molar-refractivity contribution in [2.75, 3.05) is 13.1 Å². The minimum atomic E-state index is -0.0400. The standard InChI is InChI=1S/C12H23N3O/c1-3-5-9-15-12(16)10(7-8-13)11(14-15)6-4-2/h10H,3-9,13H2,1-2H3. The van der Waals surface area contributed by atoms with Crippen LogP contribution >= 0.6 is 0 Å². The predicted molar refractivity (Wildman–Crippen MR) is 66.1 cm³/mol. The highest BCUT2D eigenvalue weighted by atomic mass is 16.2. The van der Waals surface area contributed by atoms with Crippen LogP contribution in [0.25, 0.3) is 0 Å². The number of nitrogens with two attached hydrogens (primary N) is 1. The van der Waals surface area contributed by atoms with E-state index >= 15 is 0 Å². The fraction of sp³-hybridized carbons (Fsp3) is 0.833. The zero-order valence-corrected chi connectivity index (χ0v) is 10.4. The van der Waals surface area contributed by atoms with E-state index in [-0.39, 0.29) is 11.8 Å². The summed E-state index contributed by atoms with van der Waals surface area (Å²) in [7, 11) is 0. The molecule has 1 heterocycles. The molecule has 4 nitrogen and oxygen atoms in total. The minimum Gasteiger partial charge on any atom is -0.330 e. The molecule has 1 unspecified atom stereocenters. The van der Waals surface area contributed by atoms with Gasteiger partial charge in [0.1, 0.15) is 0 Å². The Hall–Kier alpha value is -0.900. The summed E-state index contributed by atoms with van der Waals surface area (Å²) in [6, 6.07) is 0. The highest BCUT2D eigenvalue weighted by Gasteiger charge is 2.33. The largest absolute Gasteiger partial charge is 0.330 e. The van der Waals surface area contributed by atoms with Crippen molar-refractivity contribution in [3.63, 3.8) is 0 Å². The van der Waals surface area contributed by atoms with E-state index in [1.54, 1.807) is 5.01 Å². The Morgan fingerprint density at radius 3 is 2.69 bits per heavy atom. The normalized spacial score (nSPS) is 20.4. The molecule has 2 N–H and O–H groups in total. The quantitative estimate of drug-likeness (QED) is 0.717. The van der Waals surface area contributed by atoms with Crippen LogP contribution in [-0.4, -0.2) is 29.7 Å². The van der Waals surface area contributed by atoms with Gasteiger partial charge in [0.05, 0.1) is 11.6 Å². The van der Waals surface area contributed by atoms with Crippen molar-refractivity contribution in [1.29, 1.82) is 0 Å². The van der Waals surface area contributed by atoms with E-state index in [9.17, 15) is 4.79 Å². The molecule has 4 heteroatoms. The summed E-state index contributed by atoms with van der Waals surface area (Å²) in [6.45, 7) is 5.54. The van der Waals surface area contributed by atoms with Crippen molar-refractivity contribution >= 4 is 11.6 Å². The van der Waals surface area contributed by atoms with Gasteiger partial charge < -0.3 is 5.73 Å². The Labute approximate surface area is 97.9 Å². The van der Waals surface area contributed by atoms with Crippen LogP contribution in [0.15, 0.2) is 5.10 Å². The van der Waals surface area contributed by atoms with Crippen LogP contribution in [0.1, 0.15) is 46.0 Å². The van der Waals surface area contributed by atoms with E-state index < -0.39 is 0 Å². The van der Waals surface area contributed by atoms with E-state index in [1.165, 1.54) is 0 Å². The molecule has 1 atom stereocenters. The van der Waals surface area contributed by atoms with Crippen molar-refractivity contribution < 1.29 is 4.79 Å². The summed E-state index contributed by atoms with van der Waals surface area (Å²) >= 11 is 0. The van der Waals surface area contributed by atoms with Crippen molar-refractivity contribution in [3.8, 4) is 0 Å². The third-order valence-electron chi connectivity index (χ3n) is 2.89. The third-order valence-corrected chi connectivity index (χ3v) is 2.89. The molecule has 0 aliphatic carbocycles. The minimum absolute atomic E-state index is 0.0400. The van der Waals surface area contributed by atoms with Crippen LogP contribution in [0, 0.1) is 5.92 Å². The summed E-state index contributed by atoms with van der Waals surface area (Å²) < 4.78 is 0. The van der Waals surface area contributed by atoms with Crippen LogP contribution in [0.2, 0.25) is 0 Å². The summed E-state index contributed by atoms with van der Waals surface area (Å²) in [5.41, 5.74) is 6.58. The van der Waals surface area contributed by atoms with Gasteiger partial charge in [-0.1, -0.05) is 26.7 Å². The molecule has 0 bridgehead atoms. The highest BCUT2D eigenvalue weighted by molar-refractivity contribution is 6.07. The number of hydrogen-bond acceptors (Lipinski definition) is 3. The van der Waals surface area contributed by atoms with Gasteiger partial charge in [0.2, 0.25) is 0 Å². The maximum absolute atomic E-state index is 12.0. The molecule has 0 radical (unpaired) electrons. The molecule has 0 spiro atoms. The molecular weight excluding hydrogens is 202 g/mol. The lowest BCUT2D eigenvalue weighted by Gasteiger charge is -2.13. The number of hydrazone groups is 1. The van der Waals surface area contributed by atoms with Crippen LogP contribution in [0.5, 0.6) is 0 Å². The van der Waals surface area contributed by atoms with E-state index in [4.69, 9.17) is 5.73 Å². The summed E-state index contributed by atoms with van der Waals surface area (Å²) in [5, 5.41) is 6.09. The van der Waals surface area contributed by atoms with Gasteiger partial charge in [-0.05, 0) is 25.8 Å². The first-order valence-electron chi connectivity index (χ1n) is 6.33. The first kappa shape index (κ1) is 13.2. The Balaban J connectivity index is 2.64. The Morgan fingerprint density at radius 1 is 1.38 bits per heavy atom. The number of carbonyl (C=O) groups excluding carboxylic acids is 1. The van der Waals surface area contributed by atoms with Gasteiger partial charge in [-0.3, -0.25) is 4.79 Å². The fourth-order valence-electron chi connectivity index (χ4n) is 2.00. The second-order valence-corrected chi connectivity index (χ2v) is 4.29. The van der Waals surface area contributed by atoms with Gasteiger partial charge in [0.25, 0.3) is 5.91 Å². The van der Waals surface area contributed by atoms with Crippen molar-refractivity contribution in [2.45, 2.75) is 46.0 Å². The lowest BCUT2D eigenvalue weighted by Crippen LogP contribution is -2.29. The molecule has 0 aromatic heterocycles. The zero-order valence-electron chi connectivity index (χ0n) is 10.4. The number of carbonyl (C=O) groups is 1. The molecule has 1 amide bonds. The van der Waals surface area contributed by atoms with Crippen molar-refractivity contribution in [3.05, 3.63) is 0 Å². The number of hydrogen-bond donors (Lipinski definition) is 1. The lowest BCUT2D eigenvalue weighted by molar-refractivity contribution is -0.131. The maximum atomic E-state index is 12.0. The van der Waals surface area contributed by atoms with Gasteiger partial charge in [-0.15, -0.1) is 0 Å². The summed E-state index contributed by atoms with van der Waals surface area (Å²) in [4.78, 5) is 12.0. The van der Waals surface area contributed by atoms with E-state index in [0.29, 0.717) is 6.54 Å². The molecule has 1 aliphatic heterocycles. The SMILES string of the molecule is CCCCN1N=C(CCC)C(CCN)C1=O. The third kappa shape index (κ3) is 3.04. The number of nitrogens with zero attached hydrogens (tertiary/aromatic N) is 2. The Bertz CT molecular complexity index is 263. The van der Waals surface area contributed by atoms with Crippen molar-refractivity contribution in [2.24, 2.45) is 16.8 Å². The van der Waals surface area contributed by atoms with Gasteiger partial charge in [-0.2, -0.15) is 5.10 Å². The molecule has 0 aromatic rings. The molecule has 0 aromatic carbocycles. The predicted octanol–water partition coefficient (Wildman–Crippen LogP) is 1.75. The first-order valence-corrected chi connectivity index (χ1v) is 6.33. The Kier molecular flexibility index (Phi) is 5.46. The summed E-state index contributed by atoms with van der Waals surface area (Å²) in [5.74, 6) is 0.115. The van der Waals surface area contributed by atoms with Gasteiger partial charge in [0.15, 0.2) is 0 Å². The Morgan fingerprint density at radius 2 is 2.12 bits per heavy atom. The average Bonchev–Trinajstić information content (AvgIpc) is 2.56. The van der Waals surface area contributed by atoms with Crippen LogP contribution in [0.4, 0.5) is 0 Å². The molecule has 92 valence electrons. The average molecular weight is 225 g/mol. The molecule has 0 saturated carbocycles. The topological polar surface area (TPSA) is 58.7 Å². The van der Waals surface area contributed by atoms with Gasteiger partial charge in [-0.25, -0.2) is 5.01 Å². The van der Waals surface area contributed by atoms with Gasteiger partial charge >= 0.3 is 0 Å². The first-order chi connectivity index (χ1) is 7.74.